The summed E-state index contributed by atoms with van der Waals surface area (Å²) < 4.78 is 4.86. The zero-order valence-electron chi connectivity index (χ0n) is 17.6. The SMILES string of the molecule is N[C@@H](Cc1ccc(N2C(=O)C(=O)N(c3ccccc3)C2=O)cc1)C(=O)OC(=O)[C@@H]1CCCN1. The number of para-hydroxylation sites is 1. The second kappa shape index (κ2) is 9.31. The quantitative estimate of drug-likeness (QED) is 0.286. The van der Waals surface area contributed by atoms with Crippen molar-refractivity contribution in [3.8, 4) is 0 Å². The van der Waals surface area contributed by atoms with E-state index in [1.165, 1.54) is 12.1 Å². The highest BCUT2D eigenvalue weighted by Gasteiger charge is 2.46. The van der Waals surface area contributed by atoms with Crippen molar-refractivity contribution in [3.05, 3.63) is 60.2 Å². The largest absolute Gasteiger partial charge is 0.391 e. The van der Waals surface area contributed by atoms with Crippen molar-refractivity contribution < 1.29 is 28.7 Å². The summed E-state index contributed by atoms with van der Waals surface area (Å²) in [6, 6.07) is 12.0. The number of nitrogens with two attached hydrogens (primary N) is 1. The third-order valence-electron chi connectivity index (χ3n) is 5.49. The first-order valence-electron chi connectivity index (χ1n) is 10.5. The van der Waals surface area contributed by atoms with E-state index < -0.39 is 41.9 Å². The molecular weight excluding hydrogens is 428 g/mol. The number of carbonyl (C=O) groups excluding carboxylic acids is 5. The standard InChI is InChI=1S/C23H22N4O6/c24-17(21(30)33-22(31)18-7-4-12-25-18)13-14-8-10-16(11-9-14)27-20(29)19(28)26(23(27)32)15-5-2-1-3-6-15/h1-3,5-6,8-11,17-18,25H,4,7,12-13,24H2/t17-,18-/m0/s1. The first-order valence-corrected chi connectivity index (χ1v) is 10.5. The smallest absolute Gasteiger partial charge is 0.343 e. The first kappa shape index (κ1) is 22.3. The predicted octanol–water partition coefficient (Wildman–Crippen LogP) is 0.878. The monoisotopic (exact) mass is 450 g/mol. The number of esters is 2. The van der Waals surface area contributed by atoms with Gasteiger partial charge in [0.15, 0.2) is 0 Å². The lowest BCUT2D eigenvalue weighted by Gasteiger charge is -2.16. The van der Waals surface area contributed by atoms with Crippen molar-refractivity contribution in [2.45, 2.75) is 31.3 Å². The summed E-state index contributed by atoms with van der Waals surface area (Å²) in [6.45, 7) is 0.698. The number of urea groups is 1. The highest BCUT2D eigenvalue weighted by Crippen LogP contribution is 2.27. The van der Waals surface area contributed by atoms with Gasteiger partial charge < -0.3 is 15.8 Å². The number of amides is 4. The number of nitrogens with zero attached hydrogens (tertiary/aromatic N) is 2. The molecule has 0 radical (unpaired) electrons. The number of rotatable bonds is 6. The van der Waals surface area contributed by atoms with Gasteiger partial charge in [0.05, 0.1) is 11.4 Å². The van der Waals surface area contributed by atoms with Gasteiger partial charge in [-0.2, -0.15) is 0 Å². The van der Waals surface area contributed by atoms with Crippen molar-refractivity contribution >= 4 is 41.2 Å². The molecule has 4 rings (SSSR count). The maximum atomic E-state index is 12.8. The van der Waals surface area contributed by atoms with Crippen molar-refractivity contribution in [3.63, 3.8) is 0 Å². The van der Waals surface area contributed by atoms with Gasteiger partial charge in [-0.05, 0) is 55.6 Å². The van der Waals surface area contributed by atoms with Gasteiger partial charge in [-0.1, -0.05) is 30.3 Å². The van der Waals surface area contributed by atoms with E-state index in [0.717, 1.165) is 16.2 Å². The molecule has 0 bridgehead atoms. The molecule has 0 aromatic heterocycles. The second-order valence-corrected chi connectivity index (χ2v) is 7.77. The zero-order chi connectivity index (χ0) is 23.5. The van der Waals surface area contributed by atoms with Gasteiger partial charge in [0, 0.05) is 0 Å². The lowest BCUT2D eigenvalue weighted by Crippen LogP contribution is -2.40. The third-order valence-corrected chi connectivity index (χ3v) is 5.49. The molecule has 2 aromatic carbocycles. The van der Waals surface area contributed by atoms with Gasteiger partial charge in [-0.15, -0.1) is 0 Å². The van der Waals surface area contributed by atoms with Gasteiger partial charge in [0.25, 0.3) is 0 Å². The Morgan fingerprint density at radius 1 is 0.970 bits per heavy atom. The van der Waals surface area contributed by atoms with Crippen molar-refractivity contribution in [2.24, 2.45) is 5.73 Å². The maximum absolute atomic E-state index is 12.8. The molecule has 33 heavy (non-hydrogen) atoms. The highest BCUT2D eigenvalue weighted by molar-refractivity contribution is 6.60. The van der Waals surface area contributed by atoms with E-state index in [1.54, 1.807) is 42.5 Å². The zero-order valence-corrected chi connectivity index (χ0v) is 17.6. The summed E-state index contributed by atoms with van der Waals surface area (Å²) >= 11 is 0. The molecule has 0 unspecified atom stereocenters. The Bertz CT molecular complexity index is 1100. The average molecular weight is 450 g/mol. The predicted molar refractivity (Wildman–Crippen MR) is 117 cm³/mol. The summed E-state index contributed by atoms with van der Waals surface area (Å²) in [5.41, 5.74) is 7.01. The molecule has 2 saturated heterocycles. The summed E-state index contributed by atoms with van der Waals surface area (Å²) in [4.78, 5) is 63.3. The second-order valence-electron chi connectivity index (χ2n) is 7.77. The topological polar surface area (TPSA) is 139 Å². The van der Waals surface area contributed by atoms with Crippen LogP contribution in [0.2, 0.25) is 0 Å². The minimum atomic E-state index is -1.06. The van der Waals surface area contributed by atoms with Gasteiger partial charge >= 0.3 is 29.8 Å². The number of anilines is 2. The number of carbonyl (C=O) groups is 5. The molecule has 10 heteroatoms. The van der Waals surface area contributed by atoms with Crippen LogP contribution in [0.25, 0.3) is 0 Å². The Kier molecular flexibility index (Phi) is 6.29. The molecule has 170 valence electrons. The summed E-state index contributed by atoms with van der Waals surface area (Å²) in [7, 11) is 0. The van der Waals surface area contributed by atoms with Crippen LogP contribution in [0.15, 0.2) is 54.6 Å². The van der Waals surface area contributed by atoms with Gasteiger partial charge in [-0.25, -0.2) is 24.2 Å². The van der Waals surface area contributed by atoms with E-state index in [4.69, 9.17) is 10.5 Å². The molecular formula is C23H22N4O6. The number of ether oxygens (including phenoxy) is 1. The molecule has 2 fully saturated rings. The Balaban J connectivity index is 1.41. The molecule has 2 aliphatic heterocycles. The summed E-state index contributed by atoms with van der Waals surface area (Å²) in [6.07, 6.45) is 1.53. The number of benzene rings is 2. The molecule has 0 aliphatic carbocycles. The minimum Gasteiger partial charge on any atom is -0.391 e. The average Bonchev–Trinajstić information content (AvgIpc) is 3.43. The van der Waals surface area contributed by atoms with E-state index in [0.29, 0.717) is 24.2 Å². The molecule has 3 N–H and O–H groups in total. The fraction of sp³-hybridized carbons (Fsp3) is 0.261. The van der Waals surface area contributed by atoms with Crippen molar-refractivity contribution in [1.82, 2.24) is 5.32 Å². The van der Waals surface area contributed by atoms with Crippen LogP contribution in [-0.2, 0) is 30.3 Å². The Labute approximate surface area is 189 Å². The Hall–Kier alpha value is -3.89. The lowest BCUT2D eigenvalue weighted by molar-refractivity contribution is -0.161. The van der Waals surface area contributed by atoms with Crippen molar-refractivity contribution in [1.29, 1.82) is 0 Å². The van der Waals surface area contributed by atoms with Crippen LogP contribution in [0.1, 0.15) is 18.4 Å². The molecule has 2 aromatic rings. The Morgan fingerprint density at radius 2 is 1.58 bits per heavy atom. The van der Waals surface area contributed by atoms with Crippen LogP contribution in [0.5, 0.6) is 0 Å². The molecule has 0 spiro atoms. The minimum absolute atomic E-state index is 0.0848. The number of nitrogens with one attached hydrogen (secondary N) is 1. The maximum Gasteiger partial charge on any atom is 0.343 e. The first-order chi connectivity index (χ1) is 15.9. The number of hydrogen-bond acceptors (Lipinski definition) is 8. The van der Waals surface area contributed by atoms with E-state index in [9.17, 15) is 24.0 Å². The van der Waals surface area contributed by atoms with Crippen LogP contribution in [0, 0.1) is 0 Å². The van der Waals surface area contributed by atoms with E-state index in [2.05, 4.69) is 5.32 Å². The molecule has 10 nitrogen and oxygen atoms in total. The van der Waals surface area contributed by atoms with Crippen molar-refractivity contribution in [2.75, 3.05) is 16.3 Å². The number of imide groups is 2. The van der Waals surface area contributed by atoms with Gasteiger partial charge in [-0.3, -0.25) is 9.59 Å². The van der Waals surface area contributed by atoms with E-state index in [1.807, 2.05) is 0 Å². The van der Waals surface area contributed by atoms with Crippen LogP contribution in [0.4, 0.5) is 16.2 Å². The molecule has 0 saturated carbocycles. The highest BCUT2D eigenvalue weighted by atomic mass is 16.6. The third kappa shape index (κ3) is 4.52. The van der Waals surface area contributed by atoms with Gasteiger partial charge in [0.2, 0.25) is 0 Å². The van der Waals surface area contributed by atoms with Crippen LogP contribution in [0.3, 0.4) is 0 Å². The molecule has 4 amide bonds. The molecule has 2 atom stereocenters. The molecule has 2 aliphatic rings. The number of hydrogen-bond donors (Lipinski definition) is 2. The summed E-state index contributed by atoms with van der Waals surface area (Å²) in [5, 5.41) is 2.95. The van der Waals surface area contributed by atoms with Crippen LogP contribution < -0.4 is 20.9 Å². The normalized spacial score (nSPS) is 19.2. The molecule has 2 heterocycles. The van der Waals surface area contributed by atoms with E-state index >= 15 is 0 Å². The van der Waals surface area contributed by atoms with Crippen LogP contribution in [-0.4, -0.2) is 48.4 Å². The fourth-order valence-corrected chi connectivity index (χ4v) is 3.75. The summed E-state index contributed by atoms with van der Waals surface area (Å²) in [5.74, 6) is -3.37. The lowest BCUT2D eigenvalue weighted by atomic mass is 10.1. The van der Waals surface area contributed by atoms with Gasteiger partial charge in [0.1, 0.15) is 12.1 Å². The fourth-order valence-electron chi connectivity index (χ4n) is 3.75. The Morgan fingerprint density at radius 3 is 2.15 bits per heavy atom. The van der Waals surface area contributed by atoms with Crippen LogP contribution >= 0.6 is 0 Å². The van der Waals surface area contributed by atoms with E-state index in [-0.39, 0.29) is 12.1 Å².